The largest absolute Gasteiger partial charge is 1.00 e. The average Bonchev–Trinajstić information content (AvgIpc) is 1.27. The van der Waals surface area contributed by atoms with Crippen molar-refractivity contribution in [3.8, 4) is 0 Å². The molecule has 2 radical (unpaired) electrons. The molecule has 0 spiro atoms. The first-order chi connectivity index (χ1) is 3.13. The monoisotopic (exact) mass is 217 g/mol. The Balaban J connectivity index is -0.0000000600. The zero-order valence-electron chi connectivity index (χ0n) is 5.94. The van der Waals surface area contributed by atoms with E-state index in [1.54, 1.807) is 0 Å². The average molecular weight is 217 g/mol. The van der Waals surface area contributed by atoms with Crippen LogP contribution in [0.25, 0.3) is 0 Å². The predicted molar refractivity (Wildman–Crippen MR) is 23.6 cm³/mol. The van der Waals surface area contributed by atoms with Crippen LogP contribution in [0.15, 0.2) is 0 Å². The van der Waals surface area contributed by atoms with Crippen molar-refractivity contribution in [3.05, 3.63) is 0 Å². The molecule has 0 aliphatic heterocycles. The Morgan fingerprint density at radius 3 is 1.44 bits per heavy atom. The van der Waals surface area contributed by atoms with Crippen LogP contribution in [0.5, 0.6) is 0 Å². The number of carbonyl (C=O) groups excluding carboxylic acids is 2. The van der Waals surface area contributed by atoms with E-state index < -0.39 is 11.9 Å². The van der Waals surface area contributed by atoms with Crippen molar-refractivity contribution in [1.82, 2.24) is 0 Å². The molecule has 0 aromatic rings. The van der Waals surface area contributed by atoms with Crippen LogP contribution in [-0.2, 0) is 48.2 Å². The van der Waals surface area contributed by atoms with Crippen LogP contribution in [-0.4, -0.2) is 11.9 Å². The molecule has 9 heavy (non-hydrogen) atoms. The molecule has 0 amide bonds. The van der Waals surface area contributed by atoms with E-state index in [-0.39, 0.29) is 35.3 Å². The van der Waals surface area contributed by atoms with E-state index in [1.165, 1.54) is 13.8 Å². The Kier molecular flexibility index (Phi) is 14.6. The van der Waals surface area contributed by atoms with Gasteiger partial charge in [-0.15, -0.1) is 0 Å². The molecule has 56 valence electrons. The third-order valence-corrected chi connectivity index (χ3v) is 0.287. The predicted octanol–water partition coefficient (Wildman–Crippen LogP) is 0.204. The molecule has 0 aliphatic rings. The summed E-state index contributed by atoms with van der Waals surface area (Å²) in [6, 6.07) is 0. The van der Waals surface area contributed by atoms with Crippen LogP contribution in [0.2, 0.25) is 0 Å². The van der Waals surface area contributed by atoms with Gasteiger partial charge in [0.15, 0.2) is 0 Å². The fraction of sp³-hybridized carbons (Fsp3) is 0.500. The fourth-order valence-corrected chi connectivity index (χ4v) is 0.202. The second-order valence-electron chi connectivity index (χ2n) is 1.09. The summed E-state index contributed by atoms with van der Waals surface area (Å²) in [5.74, 6) is -1.12. The molecule has 0 aromatic carbocycles. The van der Waals surface area contributed by atoms with Crippen molar-refractivity contribution in [3.63, 3.8) is 0 Å². The number of hydrogen-bond donors (Lipinski definition) is 0. The van der Waals surface area contributed by atoms with Gasteiger partial charge in [0.1, 0.15) is 0 Å². The van der Waals surface area contributed by atoms with Gasteiger partial charge >= 0.3 is 13.4 Å². The SMILES string of the molecule is CC(=O)OC(C)=O.[Co].[H+].[Mn]. The maximum absolute atomic E-state index is 9.81. The molecule has 0 rings (SSSR count). The molecule has 0 heterocycles. The molecule has 5 heteroatoms. The van der Waals surface area contributed by atoms with Gasteiger partial charge in [0, 0.05) is 47.7 Å². The molecule has 0 saturated carbocycles. The number of carbonyl (C=O) groups is 2. The summed E-state index contributed by atoms with van der Waals surface area (Å²) in [5.41, 5.74) is 0. The Hall–Kier alpha value is 0.166. The maximum atomic E-state index is 9.81. The minimum atomic E-state index is -0.562. The molecular formula is C4H7CoMnO3+. The molecule has 0 aliphatic carbocycles. The minimum absolute atomic E-state index is 0. The van der Waals surface area contributed by atoms with Gasteiger partial charge in [0.25, 0.3) is 0 Å². The summed E-state index contributed by atoms with van der Waals surface area (Å²) in [7, 11) is 0. The molecular weight excluding hydrogens is 210 g/mol. The molecule has 0 fully saturated rings. The number of hydrogen-bond acceptors (Lipinski definition) is 3. The van der Waals surface area contributed by atoms with Crippen LogP contribution < -0.4 is 0 Å². The van der Waals surface area contributed by atoms with Crippen molar-refractivity contribution in [1.29, 1.82) is 0 Å². The molecule has 3 nitrogen and oxygen atoms in total. The van der Waals surface area contributed by atoms with Gasteiger partial charge in [-0.25, -0.2) is 0 Å². The standard InChI is InChI=1S/C4H6O3.Co.Mn/c1-3(5)7-4(2)6;;/h1-2H3;;/p+1. The van der Waals surface area contributed by atoms with Crippen molar-refractivity contribution >= 4 is 11.9 Å². The van der Waals surface area contributed by atoms with Gasteiger partial charge in [-0.05, 0) is 0 Å². The van der Waals surface area contributed by atoms with Gasteiger partial charge in [0.05, 0.1) is 0 Å². The van der Waals surface area contributed by atoms with E-state index in [4.69, 9.17) is 0 Å². The van der Waals surface area contributed by atoms with Crippen LogP contribution in [0.1, 0.15) is 15.3 Å². The molecule has 0 unspecified atom stereocenters. The van der Waals surface area contributed by atoms with E-state index in [2.05, 4.69) is 4.74 Å². The van der Waals surface area contributed by atoms with Crippen molar-refractivity contribution in [2.24, 2.45) is 0 Å². The Morgan fingerprint density at radius 2 is 1.44 bits per heavy atom. The van der Waals surface area contributed by atoms with Crippen LogP contribution in [0.3, 0.4) is 0 Å². The van der Waals surface area contributed by atoms with E-state index in [1.807, 2.05) is 0 Å². The first-order valence-electron chi connectivity index (χ1n) is 1.82. The molecule has 0 saturated heterocycles. The van der Waals surface area contributed by atoms with Gasteiger partial charge in [-0.3, -0.25) is 9.59 Å². The Bertz CT molecular complexity index is 96.7. The minimum Gasteiger partial charge on any atom is -0.394 e. The maximum Gasteiger partial charge on any atom is 1.00 e. The van der Waals surface area contributed by atoms with Gasteiger partial charge in [0.2, 0.25) is 0 Å². The number of esters is 2. The second kappa shape index (κ2) is 8.17. The van der Waals surface area contributed by atoms with E-state index in [0.29, 0.717) is 0 Å². The van der Waals surface area contributed by atoms with E-state index in [9.17, 15) is 9.59 Å². The van der Waals surface area contributed by atoms with Crippen molar-refractivity contribution < 1.29 is 49.6 Å². The fourth-order valence-electron chi connectivity index (χ4n) is 0.202. The van der Waals surface area contributed by atoms with Gasteiger partial charge < -0.3 is 4.74 Å². The molecule has 0 bridgehead atoms. The van der Waals surface area contributed by atoms with Gasteiger partial charge in [-0.1, -0.05) is 0 Å². The molecule has 0 atom stereocenters. The first kappa shape index (κ1) is 16.1. The van der Waals surface area contributed by atoms with Crippen LogP contribution in [0.4, 0.5) is 0 Å². The number of rotatable bonds is 0. The zero-order chi connectivity index (χ0) is 5.86. The summed E-state index contributed by atoms with van der Waals surface area (Å²) >= 11 is 0. The normalized spacial score (nSPS) is 6.00. The van der Waals surface area contributed by atoms with E-state index in [0.717, 1.165) is 0 Å². The first-order valence-corrected chi connectivity index (χ1v) is 1.82. The smallest absolute Gasteiger partial charge is 0.394 e. The van der Waals surface area contributed by atoms with E-state index >= 15 is 0 Å². The van der Waals surface area contributed by atoms with Crippen molar-refractivity contribution in [2.75, 3.05) is 0 Å². The molecule has 0 aromatic heterocycles. The van der Waals surface area contributed by atoms with Crippen LogP contribution in [0, 0.1) is 0 Å². The molecule has 0 N–H and O–H groups in total. The summed E-state index contributed by atoms with van der Waals surface area (Å²) in [6.45, 7) is 2.36. The third kappa shape index (κ3) is 17.9. The van der Waals surface area contributed by atoms with Crippen molar-refractivity contribution in [2.45, 2.75) is 13.8 Å². The summed E-state index contributed by atoms with van der Waals surface area (Å²) < 4.78 is 3.97. The second-order valence-corrected chi connectivity index (χ2v) is 1.09. The zero-order valence-corrected chi connectivity index (χ0v) is 7.16. The van der Waals surface area contributed by atoms with Crippen LogP contribution >= 0.6 is 0 Å². The van der Waals surface area contributed by atoms with Gasteiger partial charge in [-0.2, -0.15) is 0 Å². The summed E-state index contributed by atoms with van der Waals surface area (Å²) in [4.78, 5) is 19.6. The summed E-state index contributed by atoms with van der Waals surface area (Å²) in [6.07, 6.45) is 0. The topological polar surface area (TPSA) is 43.4 Å². The number of ether oxygens (including phenoxy) is 1. The third-order valence-electron chi connectivity index (χ3n) is 0.287. The quantitative estimate of drug-likeness (QED) is 0.330. The Morgan fingerprint density at radius 1 is 1.22 bits per heavy atom. The Labute approximate surface area is 75.7 Å². The summed E-state index contributed by atoms with van der Waals surface area (Å²) in [5, 5.41) is 0.